The van der Waals surface area contributed by atoms with Gasteiger partial charge in [-0.15, -0.1) is 0 Å². The van der Waals surface area contributed by atoms with E-state index in [-0.39, 0.29) is 11.7 Å². The van der Waals surface area contributed by atoms with Gasteiger partial charge in [-0.05, 0) is 49.1 Å². The first-order chi connectivity index (χ1) is 12.7. The van der Waals surface area contributed by atoms with Crippen LogP contribution >= 0.6 is 11.3 Å². The molecule has 134 valence electrons. The number of hydrogen-bond acceptors (Lipinski definition) is 5. The summed E-state index contributed by atoms with van der Waals surface area (Å²) < 4.78 is 1.09. The molecule has 0 aliphatic carbocycles. The molecule has 1 saturated heterocycles. The van der Waals surface area contributed by atoms with Crippen LogP contribution in [0.4, 0.5) is 10.8 Å². The van der Waals surface area contributed by atoms with Crippen molar-refractivity contribution in [3.63, 3.8) is 0 Å². The smallest absolute Gasteiger partial charge is 0.224 e. The maximum absolute atomic E-state index is 12.2. The third kappa shape index (κ3) is 3.65. The van der Waals surface area contributed by atoms with Crippen molar-refractivity contribution in [1.29, 1.82) is 0 Å². The summed E-state index contributed by atoms with van der Waals surface area (Å²) in [5.41, 5.74) is 2.55. The molecule has 0 unspecified atom stereocenters. The highest BCUT2D eigenvalue weighted by molar-refractivity contribution is 7.22. The van der Waals surface area contributed by atoms with Crippen molar-refractivity contribution in [2.45, 2.75) is 25.7 Å². The number of nitrogens with one attached hydrogen (secondary N) is 1. The summed E-state index contributed by atoms with van der Waals surface area (Å²) in [7, 11) is 0. The van der Waals surface area contributed by atoms with Gasteiger partial charge in [-0.25, -0.2) is 4.98 Å². The summed E-state index contributed by atoms with van der Waals surface area (Å²) in [5, 5.41) is 13.8. The van der Waals surface area contributed by atoms with E-state index in [1.54, 1.807) is 23.5 Å². The van der Waals surface area contributed by atoms with Gasteiger partial charge < -0.3 is 15.3 Å². The number of carbonyl (C=O) groups excluding carboxylic acids is 1. The number of phenolic OH excluding ortho intramolecular Hbond substituents is 1. The minimum Gasteiger partial charge on any atom is -0.508 e. The molecule has 4 rings (SSSR count). The molecular formula is C20H21N3O2S. The van der Waals surface area contributed by atoms with E-state index in [1.807, 2.05) is 30.3 Å². The Morgan fingerprint density at radius 3 is 2.81 bits per heavy atom. The first-order valence-corrected chi connectivity index (χ1v) is 9.73. The maximum atomic E-state index is 12.2. The van der Waals surface area contributed by atoms with Gasteiger partial charge in [0.25, 0.3) is 0 Å². The molecule has 2 heterocycles. The number of carbonyl (C=O) groups is 1. The largest absolute Gasteiger partial charge is 0.508 e. The first kappa shape index (κ1) is 16.8. The number of thiazole rings is 1. The molecule has 1 aromatic heterocycles. The zero-order valence-corrected chi connectivity index (χ0v) is 15.3. The van der Waals surface area contributed by atoms with E-state index < -0.39 is 0 Å². The van der Waals surface area contributed by atoms with Crippen LogP contribution in [0.5, 0.6) is 5.75 Å². The summed E-state index contributed by atoms with van der Waals surface area (Å²) in [6.45, 7) is 2.16. The lowest BCUT2D eigenvalue weighted by Gasteiger charge is -2.11. The molecule has 2 N–H and O–H groups in total. The monoisotopic (exact) mass is 367 g/mol. The molecule has 0 atom stereocenters. The van der Waals surface area contributed by atoms with Crippen molar-refractivity contribution in [1.82, 2.24) is 4.98 Å². The zero-order chi connectivity index (χ0) is 17.9. The van der Waals surface area contributed by atoms with E-state index in [1.165, 1.54) is 12.8 Å². The predicted octanol–water partition coefficient (Wildman–Crippen LogP) is 4.17. The number of aromatic nitrogens is 1. The van der Waals surface area contributed by atoms with E-state index in [2.05, 4.69) is 10.2 Å². The van der Waals surface area contributed by atoms with Gasteiger partial charge in [0.2, 0.25) is 5.91 Å². The second kappa shape index (κ2) is 7.33. The Labute approximate surface area is 156 Å². The van der Waals surface area contributed by atoms with Gasteiger partial charge >= 0.3 is 0 Å². The number of benzene rings is 2. The average molecular weight is 367 g/mol. The van der Waals surface area contributed by atoms with Crippen molar-refractivity contribution < 1.29 is 9.90 Å². The van der Waals surface area contributed by atoms with Crippen LogP contribution in [0.3, 0.4) is 0 Å². The Kier molecular flexibility index (Phi) is 4.75. The lowest BCUT2D eigenvalue weighted by molar-refractivity contribution is -0.116. The number of anilines is 2. The second-order valence-corrected chi connectivity index (χ2v) is 7.56. The number of aryl methyl sites for hydroxylation is 1. The van der Waals surface area contributed by atoms with Gasteiger partial charge in [0, 0.05) is 25.2 Å². The molecule has 0 radical (unpaired) electrons. The standard InChI is InChI=1S/C20H21N3O2S/c24-17-6-2-1-5-14(17)7-10-19(25)21-15-8-9-16-18(13-15)26-20(22-16)23-11-3-4-12-23/h1-2,5-6,8-9,13,24H,3-4,7,10-12H2,(H,21,25). The Hall–Kier alpha value is -2.60. The maximum Gasteiger partial charge on any atom is 0.224 e. The third-order valence-corrected chi connectivity index (χ3v) is 5.73. The lowest BCUT2D eigenvalue weighted by atomic mass is 10.1. The molecule has 1 fully saturated rings. The summed E-state index contributed by atoms with van der Waals surface area (Å²) in [6, 6.07) is 13.0. The van der Waals surface area contributed by atoms with Crippen molar-refractivity contribution >= 4 is 38.3 Å². The van der Waals surface area contributed by atoms with Gasteiger partial charge in [-0.3, -0.25) is 4.79 Å². The van der Waals surface area contributed by atoms with Crippen LogP contribution in [-0.2, 0) is 11.2 Å². The van der Waals surface area contributed by atoms with Crippen molar-refractivity contribution in [2.24, 2.45) is 0 Å². The van der Waals surface area contributed by atoms with Crippen LogP contribution in [-0.4, -0.2) is 29.1 Å². The molecule has 2 aromatic carbocycles. The molecular weight excluding hydrogens is 346 g/mol. The quantitative estimate of drug-likeness (QED) is 0.710. The summed E-state index contributed by atoms with van der Waals surface area (Å²) in [6.07, 6.45) is 3.31. The highest BCUT2D eigenvalue weighted by atomic mass is 32.1. The number of nitrogens with zero attached hydrogens (tertiary/aromatic N) is 2. The van der Waals surface area contributed by atoms with E-state index in [0.29, 0.717) is 12.8 Å². The van der Waals surface area contributed by atoms with Crippen molar-refractivity contribution in [3.05, 3.63) is 48.0 Å². The lowest BCUT2D eigenvalue weighted by Crippen LogP contribution is -2.16. The topological polar surface area (TPSA) is 65.5 Å². The molecule has 3 aromatic rings. The minimum absolute atomic E-state index is 0.0584. The Bertz CT molecular complexity index is 932. The van der Waals surface area contributed by atoms with Crippen molar-refractivity contribution in [2.75, 3.05) is 23.3 Å². The minimum atomic E-state index is -0.0584. The van der Waals surface area contributed by atoms with Gasteiger partial charge in [0.15, 0.2) is 5.13 Å². The molecule has 0 spiro atoms. The highest BCUT2D eigenvalue weighted by Gasteiger charge is 2.16. The molecule has 0 saturated carbocycles. The summed E-state index contributed by atoms with van der Waals surface area (Å²) in [5.74, 6) is 0.178. The molecule has 0 bridgehead atoms. The fourth-order valence-corrected chi connectivity index (χ4v) is 4.28. The van der Waals surface area contributed by atoms with Crippen LogP contribution < -0.4 is 10.2 Å². The van der Waals surface area contributed by atoms with Crippen LogP contribution in [0.25, 0.3) is 10.2 Å². The number of rotatable bonds is 5. The molecule has 5 nitrogen and oxygen atoms in total. The molecule has 26 heavy (non-hydrogen) atoms. The van der Waals surface area contributed by atoms with Gasteiger partial charge in [0.1, 0.15) is 5.75 Å². The third-order valence-electron chi connectivity index (χ3n) is 4.65. The van der Waals surface area contributed by atoms with Gasteiger partial charge in [-0.2, -0.15) is 0 Å². The van der Waals surface area contributed by atoms with Crippen LogP contribution in [0.2, 0.25) is 0 Å². The van der Waals surface area contributed by atoms with Gasteiger partial charge in [0.05, 0.1) is 10.2 Å². The number of phenols is 1. The first-order valence-electron chi connectivity index (χ1n) is 8.91. The summed E-state index contributed by atoms with van der Waals surface area (Å²) in [4.78, 5) is 19.3. The van der Waals surface area contributed by atoms with Crippen LogP contribution in [0, 0.1) is 0 Å². The molecule has 1 amide bonds. The number of fused-ring (bicyclic) bond motifs is 1. The van der Waals surface area contributed by atoms with Crippen LogP contribution in [0.15, 0.2) is 42.5 Å². The van der Waals surface area contributed by atoms with E-state index in [4.69, 9.17) is 4.98 Å². The Morgan fingerprint density at radius 2 is 2.00 bits per heavy atom. The van der Waals surface area contributed by atoms with Gasteiger partial charge in [-0.1, -0.05) is 29.5 Å². The summed E-state index contributed by atoms with van der Waals surface area (Å²) >= 11 is 1.68. The number of aromatic hydroxyl groups is 1. The highest BCUT2D eigenvalue weighted by Crippen LogP contribution is 2.32. The number of para-hydroxylation sites is 1. The van der Waals surface area contributed by atoms with E-state index in [9.17, 15) is 9.90 Å². The zero-order valence-electron chi connectivity index (χ0n) is 14.4. The molecule has 1 aliphatic heterocycles. The SMILES string of the molecule is O=C(CCc1ccccc1O)Nc1ccc2nc(N3CCCC3)sc2c1. The van der Waals surface area contributed by atoms with E-state index in [0.717, 1.165) is 39.7 Å². The predicted molar refractivity (Wildman–Crippen MR) is 106 cm³/mol. The van der Waals surface area contributed by atoms with E-state index >= 15 is 0 Å². The second-order valence-electron chi connectivity index (χ2n) is 6.55. The van der Waals surface area contributed by atoms with Crippen LogP contribution in [0.1, 0.15) is 24.8 Å². The number of amides is 1. The van der Waals surface area contributed by atoms with Crippen molar-refractivity contribution in [3.8, 4) is 5.75 Å². The Balaban J connectivity index is 1.41. The Morgan fingerprint density at radius 1 is 1.19 bits per heavy atom. The molecule has 1 aliphatic rings. The fraction of sp³-hybridized carbons (Fsp3) is 0.300. The normalized spacial score (nSPS) is 14.1. The average Bonchev–Trinajstić information content (AvgIpc) is 3.30. The fourth-order valence-electron chi connectivity index (χ4n) is 3.23. The number of hydrogen-bond donors (Lipinski definition) is 2. The molecule has 6 heteroatoms.